The molecule has 0 heterocycles. The largest absolute Gasteiger partial charge is 0.488 e. The van der Waals surface area contributed by atoms with Gasteiger partial charge in [0.1, 0.15) is 12.4 Å². The van der Waals surface area contributed by atoms with Crippen LogP contribution in [0.15, 0.2) is 58.1 Å². The summed E-state index contributed by atoms with van der Waals surface area (Å²) < 4.78 is 6.85. The second-order valence-corrected chi connectivity index (χ2v) is 6.01. The average Bonchev–Trinajstić information content (AvgIpc) is 2.55. The van der Waals surface area contributed by atoms with Crippen molar-refractivity contribution in [2.45, 2.75) is 13.5 Å². The van der Waals surface area contributed by atoms with Crippen LogP contribution >= 0.6 is 28.1 Å². The number of hydrogen-bond acceptors (Lipinski definition) is 3. The Balaban J connectivity index is 2.04. The number of rotatable bonds is 6. The number of ether oxygens (including phenoxy) is 1. The Hall–Kier alpha value is -1.92. The molecule has 2 aromatic rings. The zero-order valence-electron chi connectivity index (χ0n) is 12.8. The van der Waals surface area contributed by atoms with Crippen molar-refractivity contribution in [3.63, 3.8) is 0 Å². The Bertz CT molecular complexity index is 677. The molecule has 2 N–H and O–H groups in total. The van der Waals surface area contributed by atoms with Crippen LogP contribution in [0.3, 0.4) is 0 Å². The van der Waals surface area contributed by atoms with Gasteiger partial charge in [-0.2, -0.15) is 5.10 Å². The third-order valence-electron chi connectivity index (χ3n) is 2.92. The Morgan fingerprint density at radius 1 is 1.26 bits per heavy atom. The Morgan fingerprint density at radius 3 is 2.78 bits per heavy atom. The molecule has 0 aliphatic carbocycles. The molecule has 6 heteroatoms. The monoisotopic (exact) mass is 391 g/mol. The molecular formula is C17H18BrN3OS. The number of hydrazone groups is 1. The predicted molar refractivity (Wildman–Crippen MR) is 102 cm³/mol. The third-order valence-corrected chi connectivity index (χ3v) is 3.64. The molecule has 0 spiro atoms. The minimum atomic E-state index is 0.491. The van der Waals surface area contributed by atoms with Crippen LogP contribution in [0, 0.1) is 0 Å². The summed E-state index contributed by atoms with van der Waals surface area (Å²) in [5.41, 5.74) is 4.75. The summed E-state index contributed by atoms with van der Waals surface area (Å²) in [6.07, 6.45) is 1.69. The van der Waals surface area contributed by atoms with Gasteiger partial charge in [0.15, 0.2) is 5.11 Å². The van der Waals surface area contributed by atoms with E-state index in [9.17, 15) is 0 Å². The molecule has 0 saturated carbocycles. The van der Waals surface area contributed by atoms with Crippen LogP contribution in [0.4, 0.5) is 0 Å². The quantitative estimate of drug-likeness (QED) is 0.446. The molecule has 0 radical (unpaired) electrons. The predicted octanol–water partition coefficient (Wildman–Crippen LogP) is 3.85. The van der Waals surface area contributed by atoms with Crippen molar-refractivity contribution in [2.75, 3.05) is 6.54 Å². The minimum absolute atomic E-state index is 0.491. The van der Waals surface area contributed by atoms with Gasteiger partial charge in [-0.25, -0.2) is 0 Å². The van der Waals surface area contributed by atoms with Crippen LogP contribution in [0.1, 0.15) is 18.1 Å². The van der Waals surface area contributed by atoms with Gasteiger partial charge < -0.3 is 10.1 Å². The summed E-state index contributed by atoms with van der Waals surface area (Å²) >= 11 is 8.53. The van der Waals surface area contributed by atoms with Crippen LogP contribution in [0.25, 0.3) is 0 Å². The summed E-state index contributed by atoms with van der Waals surface area (Å²) in [5.74, 6) is 0.761. The number of thiocarbonyl (C=S) groups is 1. The maximum Gasteiger partial charge on any atom is 0.186 e. The average molecular weight is 392 g/mol. The normalized spacial score (nSPS) is 10.5. The first-order valence-corrected chi connectivity index (χ1v) is 8.42. The third kappa shape index (κ3) is 6.00. The molecular weight excluding hydrogens is 374 g/mol. The highest BCUT2D eigenvalue weighted by Crippen LogP contribution is 2.22. The van der Waals surface area contributed by atoms with E-state index in [2.05, 4.69) is 31.8 Å². The second kappa shape index (κ2) is 9.27. The van der Waals surface area contributed by atoms with E-state index in [-0.39, 0.29) is 0 Å². The summed E-state index contributed by atoms with van der Waals surface area (Å²) in [7, 11) is 0. The van der Waals surface area contributed by atoms with E-state index in [0.717, 1.165) is 27.9 Å². The molecule has 23 heavy (non-hydrogen) atoms. The lowest BCUT2D eigenvalue weighted by Crippen LogP contribution is -2.31. The highest BCUT2D eigenvalue weighted by molar-refractivity contribution is 9.10. The van der Waals surface area contributed by atoms with Crippen molar-refractivity contribution in [3.8, 4) is 5.75 Å². The molecule has 0 unspecified atom stereocenters. The Labute approximate surface area is 150 Å². The number of nitrogens with zero attached hydrogens (tertiary/aromatic N) is 1. The molecule has 0 aromatic heterocycles. The van der Waals surface area contributed by atoms with Gasteiger partial charge in [0, 0.05) is 16.6 Å². The van der Waals surface area contributed by atoms with Crippen molar-refractivity contribution in [2.24, 2.45) is 5.10 Å². The SMILES string of the molecule is CCNC(=S)NN=Cc1cc(Br)ccc1OCc1ccccc1. The molecule has 0 bridgehead atoms. The fourth-order valence-electron chi connectivity index (χ4n) is 1.85. The van der Waals surface area contributed by atoms with Crippen molar-refractivity contribution in [1.29, 1.82) is 0 Å². The number of benzene rings is 2. The van der Waals surface area contributed by atoms with Crippen LogP contribution in [-0.2, 0) is 6.61 Å². The van der Waals surface area contributed by atoms with Crippen molar-refractivity contribution in [1.82, 2.24) is 10.7 Å². The maximum absolute atomic E-state index is 5.89. The van der Waals surface area contributed by atoms with Crippen LogP contribution < -0.4 is 15.5 Å². The van der Waals surface area contributed by atoms with E-state index in [0.29, 0.717) is 11.7 Å². The number of halogens is 1. The van der Waals surface area contributed by atoms with Crippen LogP contribution in [0.2, 0.25) is 0 Å². The molecule has 120 valence electrons. The summed E-state index contributed by atoms with van der Waals surface area (Å²) in [5, 5.41) is 7.60. The zero-order valence-corrected chi connectivity index (χ0v) is 15.2. The van der Waals surface area contributed by atoms with E-state index in [1.165, 1.54) is 0 Å². The molecule has 0 amide bonds. The lowest BCUT2D eigenvalue weighted by atomic mass is 10.2. The molecule has 2 rings (SSSR count). The van der Waals surface area contributed by atoms with Crippen molar-refractivity contribution in [3.05, 3.63) is 64.1 Å². The first kappa shape index (κ1) is 17.4. The summed E-state index contributed by atoms with van der Waals surface area (Å²) in [6.45, 7) is 3.23. The minimum Gasteiger partial charge on any atom is -0.488 e. The Morgan fingerprint density at radius 2 is 2.04 bits per heavy atom. The smallest absolute Gasteiger partial charge is 0.186 e. The summed E-state index contributed by atoms with van der Waals surface area (Å²) in [4.78, 5) is 0. The topological polar surface area (TPSA) is 45.7 Å². The molecule has 0 fully saturated rings. The molecule has 2 aromatic carbocycles. The van der Waals surface area contributed by atoms with E-state index in [1.54, 1.807) is 6.21 Å². The Kier molecular flexibility index (Phi) is 7.03. The van der Waals surface area contributed by atoms with Crippen molar-refractivity contribution < 1.29 is 4.74 Å². The number of hydrogen-bond donors (Lipinski definition) is 2. The maximum atomic E-state index is 5.89. The van der Waals surface area contributed by atoms with Gasteiger partial charge in [0.2, 0.25) is 0 Å². The first-order valence-electron chi connectivity index (χ1n) is 7.22. The lowest BCUT2D eigenvalue weighted by molar-refractivity contribution is 0.306. The second-order valence-electron chi connectivity index (χ2n) is 4.69. The van der Waals surface area contributed by atoms with Gasteiger partial charge in [-0.1, -0.05) is 46.3 Å². The van der Waals surface area contributed by atoms with Crippen molar-refractivity contribution >= 4 is 39.5 Å². The highest BCUT2D eigenvalue weighted by atomic mass is 79.9. The van der Waals surface area contributed by atoms with Crippen LogP contribution in [0.5, 0.6) is 5.75 Å². The van der Waals surface area contributed by atoms with E-state index in [1.807, 2.05) is 55.5 Å². The first-order chi connectivity index (χ1) is 11.2. The van der Waals surface area contributed by atoms with Gasteiger partial charge in [0.05, 0.1) is 6.21 Å². The fourth-order valence-corrected chi connectivity index (χ4v) is 2.42. The summed E-state index contributed by atoms with van der Waals surface area (Å²) in [6, 6.07) is 15.8. The molecule has 4 nitrogen and oxygen atoms in total. The lowest BCUT2D eigenvalue weighted by Gasteiger charge is -2.10. The molecule has 0 atom stereocenters. The number of nitrogens with one attached hydrogen (secondary N) is 2. The van der Waals surface area contributed by atoms with Gasteiger partial charge >= 0.3 is 0 Å². The van der Waals surface area contributed by atoms with E-state index < -0.39 is 0 Å². The molecule has 0 aliphatic heterocycles. The van der Waals surface area contributed by atoms with Gasteiger partial charge in [-0.05, 0) is 42.9 Å². The van der Waals surface area contributed by atoms with E-state index >= 15 is 0 Å². The van der Waals surface area contributed by atoms with Gasteiger partial charge in [-0.3, -0.25) is 5.43 Å². The fraction of sp³-hybridized carbons (Fsp3) is 0.176. The van der Waals surface area contributed by atoms with Gasteiger partial charge in [-0.15, -0.1) is 0 Å². The van der Waals surface area contributed by atoms with E-state index in [4.69, 9.17) is 17.0 Å². The molecule has 0 saturated heterocycles. The standard InChI is InChI=1S/C17H18BrN3OS/c1-2-19-17(23)21-20-11-14-10-15(18)8-9-16(14)22-12-13-6-4-3-5-7-13/h3-11H,2,12H2,1H3,(H2,19,21,23). The zero-order chi connectivity index (χ0) is 16.5. The highest BCUT2D eigenvalue weighted by Gasteiger charge is 2.03. The molecule has 0 aliphatic rings. The van der Waals surface area contributed by atoms with Gasteiger partial charge in [0.25, 0.3) is 0 Å². The van der Waals surface area contributed by atoms with Crippen LogP contribution in [-0.4, -0.2) is 17.9 Å².